The molecule has 0 aliphatic rings. The van der Waals surface area contributed by atoms with Crippen LogP contribution in [0.1, 0.15) is 19.7 Å². The molecule has 1 unspecified atom stereocenters. The third-order valence-electron chi connectivity index (χ3n) is 2.94. The Morgan fingerprint density at radius 1 is 1.38 bits per heavy atom. The highest BCUT2D eigenvalue weighted by molar-refractivity contribution is 6.30. The minimum Gasteiger partial charge on any atom is -0.492 e. The van der Waals surface area contributed by atoms with Gasteiger partial charge in [0.1, 0.15) is 24.5 Å². The van der Waals surface area contributed by atoms with E-state index in [1.165, 1.54) is 0 Å². The van der Waals surface area contributed by atoms with E-state index in [-0.39, 0.29) is 6.04 Å². The molecule has 0 bridgehead atoms. The number of benzene rings is 1. The Morgan fingerprint density at radius 2 is 2.19 bits per heavy atom. The maximum Gasteiger partial charge on any atom is 0.138 e. The van der Waals surface area contributed by atoms with Crippen molar-refractivity contribution < 1.29 is 4.74 Å². The monoisotopic (exact) mass is 308 g/mol. The van der Waals surface area contributed by atoms with Crippen molar-refractivity contribution in [3.05, 3.63) is 41.4 Å². The summed E-state index contributed by atoms with van der Waals surface area (Å²) in [6.45, 7) is 5.55. The summed E-state index contributed by atoms with van der Waals surface area (Å²) in [5, 5.41) is 4.88. The molecule has 0 radical (unpaired) electrons. The highest BCUT2D eigenvalue weighted by Gasteiger charge is 2.12. The number of ether oxygens (including phenoxy) is 1. The average Bonchev–Trinajstić information content (AvgIpc) is 2.83. The first kappa shape index (κ1) is 15.8. The van der Waals surface area contributed by atoms with Gasteiger partial charge in [-0.05, 0) is 24.1 Å². The summed E-state index contributed by atoms with van der Waals surface area (Å²) in [7, 11) is 0. The van der Waals surface area contributed by atoms with Gasteiger partial charge in [-0.25, -0.2) is 9.67 Å². The molecule has 0 aliphatic carbocycles. The molecule has 21 heavy (non-hydrogen) atoms. The van der Waals surface area contributed by atoms with Crippen LogP contribution in [0.5, 0.6) is 5.75 Å². The molecule has 1 aromatic heterocycles. The van der Waals surface area contributed by atoms with Gasteiger partial charge in [0.15, 0.2) is 0 Å². The molecule has 1 aromatic carbocycles. The SMILES string of the molecule is CC(C)Cn1ncnc1CC(N)COc1cccc(Cl)c1. The van der Waals surface area contributed by atoms with E-state index >= 15 is 0 Å². The van der Waals surface area contributed by atoms with E-state index in [2.05, 4.69) is 23.9 Å². The van der Waals surface area contributed by atoms with Crippen molar-refractivity contribution in [1.82, 2.24) is 14.8 Å². The van der Waals surface area contributed by atoms with E-state index in [0.717, 1.165) is 18.1 Å². The second-order valence-corrected chi connectivity index (χ2v) is 5.92. The van der Waals surface area contributed by atoms with Crippen molar-refractivity contribution in [3.63, 3.8) is 0 Å². The first-order valence-corrected chi connectivity index (χ1v) is 7.43. The lowest BCUT2D eigenvalue weighted by Gasteiger charge is -2.14. The largest absolute Gasteiger partial charge is 0.492 e. The predicted molar refractivity (Wildman–Crippen MR) is 83.5 cm³/mol. The minimum atomic E-state index is -0.140. The summed E-state index contributed by atoms with van der Waals surface area (Å²) >= 11 is 5.91. The molecule has 114 valence electrons. The molecule has 0 spiro atoms. The maximum absolute atomic E-state index is 6.11. The fraction of sp³-hybridized carbons (Fsp3) is 0.467. The fourth-order valence-electron chi connectivity index (χ4n) is 2.00. The second-order valence-electron chi connectivity index (χ2n) is 5.48. The van der Waals surface area contributed by atoms with Gasteiger partial charge in [0.2, 0.25) is 0 Å². The van der Waals surface area contributed by atoms with Crippen LogP contribution in [0.3, 0.4) is 0 Å². The molecule has 6 heteroatoms. The van der Waals surface area contributed by atoms with E-state index in [4.69, 9.17) is 22.1 Å². The zero-order chi connectivity index (χ0) is 15.2. The van der Waals surface area contributed by atoms with E-state index in [1.807, 2.05) is 22.9 Å². The Morgan fingerprint density at radius 3 is 2.90 bits per heavy atom. The molecule has 2 aromatic rings. The van der Waals surface area contributed by atoms with Gasteiger partial charge >= 0.3 is 0 Å². The van der Waals surface area contributed by atoms with Crippen LogP contribution in [0.4, 0.5) is 0 Å². The number of nitrogens with zero attached hydrogens (tertiary/aromatic N) is 3. The van der Waals surface area contributed by atoms with Crippen molar-refractivity contribution in [1.29, 1.82) is 0 Å². The molecular formula is C15H21ClN4O. The number of hydrogen-bond acceptors (Lipinski definition) is 4. The summed E-state index contributed by atoms with van der Waals surface area (Å²) in [6.07, 6.45) is 2.20. The van der Waals surface area contributed by atoms with Crippen molar-refractivity contribution in [2.75, 3.05) is 6.61 Å². The topological polar surface area (TPSA) is 66.0 Å². The lowest BCUT2D eigenvalue weighted by molar-refractivity contribution is 0.284. The van der Waals surface area contributed by atoms with Gasteiger partial charge in [-0.2, -0.15) is 5.10 Å². The van der Waals surface area contributed by atoms with Crippen LogP contribution < -0.4 is 10.5 Å². The molecule has 0 amide bonds. The van der Waals surface area contributed by atoms with Crippen molar-refractivity contribution in [2.45, 2.75) is 32.9 Å². The Kier molecular flexibility index (Phi) is 5.59. The van der Waals surface area contributed by atoms with Crippen LogP contribution in [0.2, 0.25) is 5.02 Å². The number of hydrogen-bond donors (Lipinski definition) is 1. The standard InChI is InChI=1S/C15H21ClN4O/c1-11(2)8-20-15(18-10-19-20)7-13(17)9-21-14-5-3-4-12(16)6-14/h3-6,10-11,13H,7-9,17H2,1-2H3. The Labute approximate surface area is 130 Å². The maximum atomic E-state index is 6.11. The van der Waals surface area contributed by atoms with E-state index in [1.54, 1.807) is 12.4 Å². The van der Waals surface area contributed by atoms with Crippen LogP contribution >= 0.6 is 11.6 Å². The first-order chi connectivity index (χ1) is 10.0. The van der Waals surface area contributed by atoms with Gasteiger partial charge in [-0.15, -0.1) is 0 Å². The smallest absolute Gasteiger partial charge is 0.138 e. The van der Waals surface area contributed by atoms with E-state index in [9.17, 15) is 0 Å². The number of aromatic nitrogens is 3. The second kappa shape index (κ2) is 7.43. The summed E-state index contributed by atoms with van der Waals surface area (Å²) in [6, 6.07) is 7.15. The predicted octanol–water partition coefficient (Wildman–Crippen LogP) is 2.54. The quantitative estimate of drug-likeness (QED) is 0.853. The number of halogens is 1. The van der Waals surface area contributed by atoms with Crippen LogP contribution in [0.15, 0.2) is 30.6 Å². The number of nitrogens with two attached hydrogens (primary N) is 1. The van der Waals surface area contributed by atoms with Gasteiger partial charge in [0.25, 0.3) is 0 Å². The lowest BCUT2D eigenvalue weighted by Crippen LogP contribution is -2.31. The first-order valence-electron chi connectivity index (χ1n) is 7.05. The summed E-state index contributed by atoms with van der Waals surface area (Å²) in [5.74, 6) is 2.14. The van der Waals surface area contributed by atoms with Crippen LogP contribution in [-0.2, 0) is 13.0 Å². The van der Waals surface area contributed by atoms with Gasteiger partial charge in [-0.3, -0.25) is 0 Å². The Balaban J connectivity index is 1.87. The zero-order valence-corrected chi connectivity index (χ0v) is 13.1. The van der Waals surface area contributed by atoms with Crippen molar-refractivity contribution in [3.8, 4) is 5.75 Å². The molecule has 2 N–H and O–H groups in total. The van der Waals surface area contributed by atoms with Crippen LogP contribution in [-0.4, -0.2) is 27.4 Å². The molecular weight excluding hydrogens is 288 g/mol. The summed E-state index contributed by atoms with van der Waals surface area (Å²) in [4.78, 5) is 4.27. The van der Waals surface area contributed by atoms with Gasteiger partial charge in [0.05, 0.1) is 0 Å². The minimum absolute atomic E-state index is 0.140. The van der Waals surface area contributed by atoms with E-state index < -0.39 is 0 Å². The van der Waals surface area contributed by atoms with Crippen molar-refractivity contribution in [2.24, 2.45) is 11.7 Å². The lowest BCUT2D eigenvalue weighted by atomic mass is 10.2. The fourth-order valence-corrected chi connectivity index (χ4v) is 2.18. The Hall–Kier alpha value is -1.59. The highest BCUT2D eigenvalue weighted by Crippen LogP contribution is 2.17. The molecule has 0 saturated carbocycles. The Bertz CT molecular complexity index is 570. The third kappa shape index (κ3) is 5.02. The average molecular weight is 309 g/mol. The molecule has 2 rings (SSSR count). The third-order valence-corrected chi connectivity index (χ3v) is 3.17. The molecule has 5 nitrogen and oxygen atoms in total. The van der Waals surface area contributed by atoms with Gasteiger partial charge in [0, 0.05) is 24.0 Å². The molecule has 0 aliphatic heterocycles. The molecule has 1 atom stereocenters. The van der Waals surface area contributed by atoms with E-state index in [0.29, 0.717) is 24.0 Å². The van der Waals surface area contributed by atoms with Crippen molar-refractivity contribution >= 4 is 11.6 Å². The molecule has 0 fully saturated rings. The summed E-state index contributed by atoms with van der Waals surface area (Å²) in [5.41, 5.74) is 6.11. The normalized spacial score (nSPS) is 12.6. The van der Waals surface area contributed by atoms with Gasteiger partial charge in [-0.1, -0.05) is 31.5 Å². The number of rotatable bonds is 7. The van der Waals surface area contributed by atoms with Crippen LogP contribution in [0, 0.1) is 5.92 Å². The summed E-state index contributed by atoms with van der Waals surface area (Å²) < 4.78 is 7.56. The zero-order valence-electron chi connectivity index (χ0n) is 12.4. The highest BCUT2D eigenvalue weighted by atomic mass is 35.5. The van der Waals surface area contributed by atoms with Gasteiger partial charge < -0.3 is 10.5 Å². The molecule has 1 heterocycles. The van der Waals surface area contributed by atoms with Crippen LogP contribution in [0.25, 0.3) is 0 Å². The molecule has 0 saturated heterocycles.